The molecule has 0 aromatic heterocycles. The van der Waals surface area contributed by atoms with Crippen molar-refractivity contribution in [2.24, 2.45) is 4.99 Å². The summed E-state index contributed by atoms with van der Waals surface area (Å²) in [7, 11) is 0. The zero-order valence-electron chi connectivity index (χ0n) is 19.3. The van der Waals surface area contributed by atoms with Crippen LogP contribution in [-0.4, -0.2) is 22.0 Å². The van der Waals surface area contributed by atoms with E-state index in [4.69, 9.17) is 9.73 Å². The molecule has 1 amide bonds. The first-order valence-corrected chi connectivity index (χ1v) is 12.6. The van der Waals surface area contributed by atoms with Crippen molar-refractivity contribution in [1.29, 1.82) is 5.26 Å². The van der Waals surface area contributed by atoms with Crippen LogP contribution in [0.4, 0.5) is 5.69 Å². The number of amides is 1. The Labute approximate surface area is 209 Å². The summed E-state index contributed by atoms with van der Waals surface area (Å²) in [6, 6.07) is 27.3. The van der Waals surface area contributed by atoms with Crippen LogP contribution in [0.1, 0.15) is 42.4 Å². The molecule has 5 rings (SSSR count). The van der Waals surface area contributed by atoms with Crippen LogP contribution >= 0.6 is 11.8 Å². The Hall–Kier alpha value is -3.82. The Balaban J connectivity index is 1.33. The lowest BCUT2D eigenvalue weighted by Crippen LogP contribution is -2.37. The maximum Gasteiger partial charge on any atom is 0.267 e. The summed E-state index contributed by atoms with van der Waals surface area (Å²) < 4.78 is 5.88. The Bertz CT molecular complexity index is 1300. The lowest BCUT2D eigenvalue weighted by atomic mass is 10.1. The molecule has 1 heterocycles. The van der Waals surface area contributed by atoms with Crippen molar-refractivity contribution in [3.63, 3.8) is 0 Å². The number of carbonyl (C=O) groups is 1. The fourth-order valence-electron chi connectivity index (χ4n) is 4.39. The van der Waals surface area contributed by atoms with Gasteiger partial charge in [0.25, 0.3) is 5.91 Å². The molecule has 3 aromatic rings. The molecule has 1 aliphatic heterocycles. The summed E-state index contributed by atoms with van der Waals surface area (Å²) >= 11 is 1.44. The van der Waals surface area contributed by atoms with Crippen molar-refractivity contribution in [3.8, 4) is 11.8 Å². The van der Waals surface area contributed by atoms with Crippen molar-refractivity contribution in [1.82, 2.24) is 4.90 Å². The van der Waals surface area contributed by atoms with Crippen LogP contribution in [-0.2, 0) is 11.4 Å². The van der Waals surface area contributed by atoms with Gasteiger partial charge >= 0.3 is 0 Å². The van der Waals surface area contributed by atoms with E-state index in [-0.39, 0.29) is 11.9 Å². The normalized spacial score (nSPS) is 18.4. The van der Waals surface area contributed by atoms with Crippen LogP contribution in [0.15, 0.2) is 88.8 Å². The van der Waals surface area contributed by atoms with E-state index in [1.165, 1.54) is 11.8 Å². The van der Waals surface area contributed by atoms with E-state index in [1.54, 1.807) is 6.07 Å². The first-order chi connectivity index (χ1) is 17.2. The number of thioether (sulfide) groups is 1. The summed E-state index contributed by atoms with van der Waals surface area (Å²) in [5.74, 6) is 0.745. The number of benzene rings is 3. The zero-order valence-corrected chi connectivity index (χ0v) is 20.1. The van der Waals surface area contributed by atoms with Gasteiger partial charge in [-0.1, -0.05) is 61.4 Å². The van der Waals surface area contributed by atoms with E-state index in [0.29, 0.717) is 22.8 Å². The minimum absolute atomic E-state index is 0.0324. The zero-order chi connectivity index (χ0) is 24.0. The minimum Gasteiger partial charge on any atom is -0.489 e. The largest absolute Gasteiger partial charge is 0.489 e. The monoisotopic (exact) mass is 479 g/mol. The molecule has 5 nitrogen and oxygen atoms in total. The van der Waals surface area contributed by atoms with Gasteiger partial charge in [0.15, 0.2) is 5.17 Å². The third-order valence-corrected chi connectivity index (χ3v) is 7.20. The summed E-state index contributed by atoms with van der Waals surface area (Å²) in [4.78, 5) is 20.8. The molecule has 2 fully saturated rings. The van der Waals surface area contributed by atoms with Crippen LogP contribution in [0.2, 0.25) is 0 Å². The predicted octanol–water partition coefficient (Wildman–Crippen LogP) is 6.68. The van der Waals surface area contributed by atoms with Gasteiger partial charge in [-0.2, -0.15) is 5.26 Å². The number of rotatable bonds is 6. The maximum absolute atomic E-state index is 13.4. The van der Waals surface area contributed by atoms with Gasteiger partial charge in [0.1, 0.15) is 12.4 Å². The van der Waals surface area contributed by atoms with E-state index in [2.05, 4.69) is 6.07 Å². The first-order valence-electron chi connectivity index (χ1n) is 11.8. The number of hydrogen-bond donors (Lipinski definition) is 0. The fraction of sp³-hybridized carbons (Fsp3) is 0.207. The topological polar surface area (TPSA) is 65.7 Å². The maximum atomic E-state index is 13.4. The Morgan fingerprint density at radius 3 is 2.46 bits per heavy atom. The second-order valence-electron chi connectivity index (χ2n) is 8.58. The van der Waals surface area contributed by atoms with Crippen LogP contribution in [0.25, 0.3) is 6.08 Å². The van der Waals surface area contributed by atoms with Gasteiger partial charge in [0.2, 0.25) is 0 Å². The minimum atomic E-state index is 0.0324. The average Bonchev–Trinajstić information content (AvgIpc) is 3.52. The van der Waals surface area contributed by atoms with E-state index < -0.39 is 0 Å². The number of amidine groups is 1. The van der Waals surface area contributed by atoms with Crippen molar-refractivity contribution >= 4 is 34.6 Å². The molecule has 6 heteroatoms. The highest BCUT2D eigenvalue weighted by Crippen LogP contribution is 2.39. The average molecular weight is 480 g/mol. The quantitative estimate of drug-likeness (QED) is 0.370. The molecule has 174 valence electrons. The molecule has 0 spiro atoms. The summed E-state index contributed by atoms with van der Waals surface area (Å²) in [5.41, 5.74) is 3.25. The molecular weight excluding hydrogens is 454 g/mol. The Morgan fingerprint density at radius 1 is 1.00 bits per heavy atom. The lowest BCUT2D eigenvalue weighted by molar-refractivity contribution is -0.123. The number of nitriles is 1. The molecule has 0 bridgehead atoms. The van der Waals surface area contributed by atoms with Gasteiger partial charge in [-0.25, -0.2) is 4.99 Å². The molecule has 0 unspecified atom stereocenters. The molecule has 2 aliphatic rings. The van der Waals surface area contributed by atoms with E-state index in [0.717, 1.165) is 47.7 Å². The highest BCUT2D eigenvalue weighted by Gasteiger charge is 2.39. The molecular formula is C29H25N3O2S. The number of para-hydroxylation sites is 1. The third kappa shape index (κ3) is 5.31. The molecule has 3 aromatic carbocycles. The van der Waals surface area contributed by atoms with Crippen molar-refractivity contribution in [3.05, 3.63) is 100 Å². The molecule has 1 saturated heterocycles. The molecule has 1 saturated carbocycles. The van der Waals surface area contributed by atoms with Crippen molar-refractivity contribution < 1.29 is 9.53 Å². The van der Waals surface area contributed by atoms with Crippen molar-refractivity contribution in [2.45, 2.75) is 38.3 Å². The SMILES string of the molecule is N#Cc1ccccc1COc1ccc(/C=C2/SC(=Nc3ccccc3)N(C3CCCC3)C2=O)cc1. The van der Waals surface area contributed by atoms with Gasteiger partial charge in [0.05, 0.1) is 22.2 Å². The summed E-state index contributed by atoms with van der Waals surface area (Å²) in [6.45, 7) is 0.328. The van der Waals surface area contributed by atoms with Gasteiger partial charge < -0.3 is 4.74 Å². The second-order valence-corrected chi connectivity index (χ2v) is 9.59. The Kier molecular flexibility index (Phi) is 6.97. The predicted molar refractivity (Wildman–Crippen MR) is 140 cm³/mol. The van der Waals surface area contributed by atoms with Crippen molar-refractivity contribution in [2.75, 3.05) is 0 Å². The standard InChI is InChI=1S/C29H25N3O2S/c30-19-22-8-4-5-9-23(22)20-34-26-16-14-21(15-17-26)18-27-28(33)32(25-12-6-7-13-25)29(35-27)31-24-10-2-1-3-11-24/h1-5,8-11,14-18,25H,6-7,12-13,20H2/b27-18+,31-29?. The third-order valence-electron chi connectivity index (χ3n) is 6.22. The smallest absolute Gasteiger partial charge is 0.267 e. The van der Waals surface area contributed by atoms with E-state index in [9.17, 15) is 10.1 Å². The highest BCUT2D eigenvalue weighted by molar-refractivity contribution is 8.18. The van der Waals surface area contributed by atoms with Gasteiger partial charge in [-0.15, -0.1) is 0 Å². The van der Waals surface area contributed by atoms with Crippen LogP contribution < -0.4 is 4.74 Å². The number of aliphatic imine (C=N–C) groups is 1. The molecule has 35 heavy (non-hydrogen) atoms. The van der Waals surface area contributed by atoms with Crippen LogP contribution in [0.3, 0.4) is 0 Å². The fourth-order valence-corrected chi connectivity index (χ4v) is 5.45. The number of nitrogens with zero attached hydrogens (tertiary/aromatic N) is 3. The second kappa shape index (κ2) is 10.6. The van der Waals surface area contributed by atoms with E-state index in [1.807, 2.05) is 83.8 Å². The molecule has 0 atom stereocenters. The lowest BCUT2D eigenvalue weighted by Gasteiger charge is -2.22. The molecule has 0 radical (unpaired) electrons. The molecule has 1 aliphatic carbocycles. The molecule has 0 N–H and O–H groups in total. The number of ether oxygens (including phenoxy) is 1. The summed E-state index contributed by atoms with van der Waals surface area (Å²) in [5, 5.41) is 10.0. The van der Waals surface area contributed by atoms with Crippen LogP contribution in [0.5, 0.6) is 5.75 Å². The van der Waals surface area contributed by atoms with E-state index >= 15 is 0 Å². The van der Waals surface area contributed by atoms with Gasteiger partial charge in [0, 0.05) is 11.6 Å². The van der Waals surface area contributed by atoms with Crippen LogP contribution in [0, 0.1) is 11.3 Å². The first kappa shape index (κ1) is 22.9. The Morgan fingerprint density at radius 2 is 1.71 bits per heavy atom. The van der Waals surface area contributed by atoms with Gasteiger partial charge in [-0.3, -0.25) is 9.69 Å². The number of hydrogen-bond acceptors (Lipinski definition) is 5. The van der Waals surface area contributed by atoms with Gasteiger partial charge in [-0.05, 0) is 66.6 Å². The summed E-state index contributed by atoms with van der Waals surface area (Å²) in [6.07, 6.45) is 6.27. The highest BCUT2D eigenvalue weighted by atomic mass is 32.2. The number of carbonyl (C=O) groups excluding carboxylic acids is 1.